The maximum Gasteiger partial charge on any atom is 0.0891 e. The smallest absolute Gasteiger partial charge is 0.0891 e. The number of benzene rings is 2. The molecule has 0 amide bonds. The first-order valence-electron chi connectivity index (χ1n) is 8.61. The lowest BCUT2D eigenvalue weighted by molar-refractivity contribution is 1.52. The molecule has 128 valence electrons. The van der Waals surface area contributed by atoms with E-state index < -0.39 is 9.52 Å². The molecule has 0 aromatic heterocycles. The van der Waals surface area contributed by atoms with Crippen molar-refractivity contribution >= 4 is 42.2 Å². The summed E-state index contributed by atoms with van der Waals surface area (Å²) in [5.41, 5.74) is 9.36. The molecule has 0 aliphatic rings. The van der Waals surface area contributed by atoms with Crippen LogP contribution in [0.2, 0.25) is 0 Å². The van der Waals surface area contributed by atoms with Crippen LogP contribution in [-0.2, 0) is 0 Å². The second kappa shape index (κ2) is 7.67. The average Bonchev–Trinajstić information content (AvgIpc) is 2.53. The van der Waals surface area contributed by atoms with Crippen LogP contribution in [0, 0.1) is 0 Å². The quantitative estimate of drug-likeness (QED) is 0.651. The van der Waals surface area contributed by atoms with Gasteiger partial charge in [-0.3, -0.25) is 0 Å². The molecular weight excluding hydrogens is 316 g/mol. The fraction of sp³-hybridized carbons (Fsp3) is 0.167. The molecular formula is C24H28Si. The van der Waals surface area contributed by atoms with Gasteiger partial charge in [0.2, 0.25) is 0 Å². The summed E-state index contributed by atoms with van der Waals surface area (Å²) in [5, 5.41) is 2.82. The second-order valence-corrected chi connectivity index (χ2v) is 8.85. The van der Waals surface area contributed by atoms with Gasteiger partial charge in [0, 0.05) is 0 Å². The van der Waals surface area contributed by atoms with Crippen molar-refractivity contribution in [2.75, 3.05) is 0 Å². The minimum absolute atomic E-state index is 0.688. The first-order chi connectivity index (χ1) is 11.7. The van der Waals surface area contributed by atoms with Gasteiger partial charge < -0.3 is 0 Å². The van der Waals surface area contributed by atoms with Gasteiger partial charge in [0.05, 0.1) is 9.52 Å². The molecule has 1 heteroatoms. The first kappa shape index (κ1) is 18.9. The molecule has 0 aliphatic carbocycles. The van der Waals surface area contributed by atoms with Crippen LogP contribution in [0.15, 0.2) is 62.7 Å². The van der Waals surface area contributed by atoms with Crippen molar-refractivity contribution in [2.45, 2.75) is 27.7 Å². The molecule has 0 nitrogen and oxygen atoms in total. The predicted octanol–water partition coefficient (Wildman–Crippen LogP) is 4.94. The summed E-state index contributed by atoms with van der Waals surface area (Å²) in [4.78, 5) is 0. The highest BCUT2D eigenvalue weighted by Gasteiger charge is 2.15. The largest absolute Gasteiger partial charge is 0.0955 e. The van der Waals surface area contributed by atoms with Gasteiger partial charge in [-0.05, 0) is 49.9 Å². The van der Waals surface area contributed by atoms with E-state index >= 15 is 0 Å². The molecule has 0 saturated carbocycles. The van der Waals surface area contributed by atoms with Crippen LogP contribution in [-0.4, -0.2) is 9.52 Å². The first-order valence-corrected chi connectivity index (χ1v) is 10.0. The Balaban J connectivity index is 2.66. The summed E-state index contributed by atoms with van der Waals surface area (Å²) < 4.78 is 0. The Morgan fingerprint density at radius 2 is 0.960 bits per heavy atom. The van der Waals surface area contributed by atoms with E-state index in [4.69, 9.17) is 0 Å². The van der Waals surface area contributed by atoms with Gasteiger partial charge >= 0.3 is 0 Å². The maximum atomic E-state index is 4.22. The van der Waals surface area contributed by atoms with Gasteiger partial charge in [0.1, 0.15) is 0 Å². The number of hydrogen-bond acceptors (Lipinski definition) is 0. The SMILES string of the molecule is C=C(C)c1cccc([SiH2]c2cccc(C(=C)C)c2C(=C)C)c1C(=C)C. The summed E-state index contributed by atoms with van der Waals surface area (Å²) >= 11 is 0. The lowest BCUT2D eigenvalue weighted by atomic mass is 9.97. The Morgan fingerprint density at radius 3 is 1.24 bits per heavy atom. The highest BCUT2D eigenvalue weighted by Crippen LogP contribution is 2.23. The molecule has 0 spiro atoms. The van der Waals surface area contributed by atoms with E-state index in [9.17, 15) is 0 Å². The molecule has 25 heavy (non-hydrogen) atoms. The van der Waals surface area contributed by atoms with Gasteiger partial charge in [-0.25, -0.2) is 0 Å². The van der Waals surface area contributed by atoms with Gasteiger partial charge in [0.15, 0.2) is 0 Å². The van der Waals surface area contributed by atoms with Gasteiger partial charge in [-0.1, -0.05) is 95.4 Å². The minimum atomic E-state index is -0.688. The third-order valence-corrected chi connectivity index (χ3v) is 6.40. The van der Waals surface area contributed by atoms with E-state index in [2.05, 4.69) is 90.4 Å². The van der Waals surface area contributed by atoms with Crippen molar-refractivity contribution < 1.29 is 0 Å². The lowest BCUT2D eigenvalue weighted by Gasteiger charge is -2.18. The van der Waals surface area contributed by atoms with E-state index in [0.29, 0.717) is 0 Å². The molecule has 0 fully saturated rings. The van der Waals surface area contributed by atoms with Crippen LogP contribution in [0.25, 0.3) is 22.3 Å². The number of hydrogen-bond donors (Lipinski definition) is 0. The van der Waals surface area contributed by atoms with Crippen LogP contribution in [0.4, 0.5) is 0 Å². The van der Waals surface area contributed by atoms with Crippen molar-refractivity contribution in [1.82, 2.24) is 0 Å². The van der Waals surface area contributed by atoms with Crippen LogP contribution >= 0.6 is 0 Å². The van der Waals surface area contributed by atoms with E-state index in [1.54, 1.807) is 0 Å². The van der Waals surface area contributed by atoms with Gasteiger partial charge in [-0.15, -0.1) is 0 Å². The topological polar surface area (TPSA) is 0 Å². The molecule has 2 rings (SSSR count). The lowest BCUT2D eigenvalue weighted by Crippen LogP contribution is -2.33. The molecule has 0 unspecified atom stereocenters. The Hall–Kier alpha value is -2.38. The molecule has 2 aromatic rings. The van der Waals surface area contributed by atoms with Crippen LogP contribution < -0.4 is 10.4 Å². The zero-order chi connectivity index (χ0) is 18.7. The summed E-state index contributed by atoms with van der Waals surface area (Å²) in [6, 6.07) is 13.1. The van der Waals surface area contributed by atoms with Gasteiger partial charge in [-0.2, -0.15) is 0 Å². The van der Waals surface area contributed by atoms with Crippen molar-refractivity contribution in [3.8, 4) is 0 Å². The summed E-state index contributed by atoms with van der Waals surface area (Å²) in [6.07, 6.45) is 0. The molecule has 0 radical (unpaired) electrons. The third kappa shape index (κ3) is 4.00. The fourth-order valence-corrected chi connectivity index (χ4v) is 5.68. The minimum Gasteiger partial charge on any atom is -0.0955 e. The van der Waals surface area contributed by atoms with E-state index in [1.807, 2.05) is 0 Å². The summed E-state index contributed by atoms with van der Waals surface area (Å²) in [5.74, 6) is 0. The van der Waals surface area contributed by atoms with Crippen LogP contribution in [0.1, 0.15) is 49.9 Å². The summed E-state index contributed by atoms with van der Waals surface area (Å²) in [7, 11) is -0.688. The van der Waals surface area contributed by atoms with Crippen molar-refractivity contribution in [3.63, 3.8) is 0 Å². The molecule has 0 heterocycles. The van der Waals surface area contributed by atoms with E-state index in [1.165, 1.54) is 32.6 Å². The van der Waals surface area contributed by atoms with Crippen molar-refractivity contribution in [2.24, 2.45) is 0 Å². The van der Waals surface area contributed by atoms with Crippen LogP contribution in [0.5, 0.6) is 0 Å². The number of rotatable bonds is 6. The van der Waals surface area contributed by atoms with Gasteiger partial charge in [0.25, 0.3) is 0 Å². The molecule has 0 saturated heterocycles. The molecule has 0 N–H and O–H groups in total. The Labute approximate surface area is 155 Å². The highest BCUT2D eigenvalue weighted by molar-refractivity contribution is 6.69. The Bertz CT molecular complexity index is 807. The second-order valence-electron chi connectivity index (χ2n) is 6.98. The average molecular weight is 345 g/mol. The fourth-order valence-electron chi connectivity index (χ4n) is 3.42. The normalized spacial score (nSPS) is 10.4. The molecule has 2 aromatic carbocycles. The molecule has 0 bridgehead atoms. The standard InChI is InChI=1S/C24H28Si/c1-15(2)19-11-9-13-21(23(19)17(5)6)25-22-14-10-12-20(16(3)4)24(22)18(7)8/h9-14H,1,3,5,7,25H2,2,4,6,8H3. The molecule has 0 atom stereocenters. The summed E-state index contributed by atoms with van der Waals surface area (Å²) in [6.45, 7) is 25.0. The zero-order valence-electron chi connectivity index (χ0n) is 16.0. The monoisotopic (exact) mass is 344 g/mol. The third-order valence-electron chi connectivity index (χ3n) is 4.46. The maximum absolute atomic E-state index is 4.22. The highest BCUT2D eigenvalue weighted by atomic mass is 28.2. The van der Waals surface area contributed by atoms with E-state index in [-0.39, 0.29) is 0 Å². The van der Waals surface area contributed by atoms with Crippen molar-refractivity contribution in [1.29, 1.82) is 0 Å². The number of allylic oxidation sites excluding steroid dienone is 4. The molecule has 0 aliphatic heterocycles. The van der Waals surface area contributed by atoms with Crippen LogP contribution in [0.3, 0.4) is 0 Å². The Kier molecular flexibility index (Phi) is 5.81. The van der Waals surface area contributed by atoms with Crippen molar-refractivity contribution in [3.05, 3.63) is 85.0 Å². The predicted molar refractivity (Wildman–Crippen MR) is 120 cm³/mol. The Morgan fingerprint density at radius 1 is 0.600 bits per heavy atom. The van der Waals surface area contributed by atoms with E-state index in [0.717, 1.165) is 22.3 Å². The zero-order valence-corrected chi connectivity index (χ0v) is 17.4.